The van der Waals surface area contributed by atoms with Crippen LogP contribution in [0.25, 0.3) is 22.7 Å². The fourth-order valence-corrected chi connectivity index (χ4v) is 3.93. The largest absolute Gasteiger partial charge is 0.460 e. The maximum absolute atomic E-state index is 6.13. The molecule has 3 aromatic heterocycles. The Bertz CT molecular complexity index is 1190. The smallest absolute Gasteiger partial charge is 0.160 e. The van der Waals surface area contributed by atoms with Crippen molar-refractivity contribution in [3.05, 3.63) is 88.1 Å². The highest BCUT2D eigenvalue weighted by atomic mass is 35.5. The van der Waals surface area contributed by atoms with E-state index < -0.39 is 0 Å². The van der Waals surface area contributed by atoms with Gasteiger partial charge in [0, 0.05) is 54.8 Å². The van der Waals surface area contributed by atoms with Gasteiger partial charge < -0.3 is 4.42 Å². The van der Waals surface area contributed by atoms with Crippen molar-refractivity contribution in [2.24, 2.45) is 0 Å². The molecule has 0 N–H and O–H groups in total. The number of hydrogen-bond donors (Lipinski definition) is 0. The molecule has 30 heavy (non-hydrogen) atoms. The quantitative estimate of drug-likeness (QED) is 0.412. The highest BCUT2D eigenvalue weighted by Gasteiger charge is 2.20. The average molecular weight is 437 g/mol. The van der Waals surface area contributed by atoms with Crippen molar-refractivity contribution in [2.75, 3.05) is 6.54 Å². The summed E-state index contributed by atoms with van der Waals surface area (Å²) in [6, 6.07) is 13.4. The van der Waals surface area contributed by atoms with E-state index in [1.807, 2.05) is 42.6 Å². The molecule has 0 saturated carbocycles. The zero-order valence-electron chi connectivity index (χ0n) is 16.1. The standard InChI is InChI=1S/C23H18Cl2N4O/c24-19-5-3-15(10-20(19)25)22-6-4-18(30-22)14-29-9-7-21-17(13-29)12-27-23(28-21)16-2-1-8-26-11-16/h1-6,8,10-12H,7,9,13-14H2. The molecule has 5 rings (SSSR count). The highest BCUT2D eigenvalue weighted by molar-refractivity contribution is 6.42. The van der Waals surface area contributed by atoms with Crippen LogP contribution >= 0.6 is 23.2 Å². The van der Waals surface area contributed by atoms with E-state index in [1.165, 1.54) is 0 Å². The topological polar surface area (TPSA) is 55.1 Å². The number of hydrogen-bond acceptors (Lipinski definition) is 5. The molecule has 7 heteroatoms. The lowest BCUT2D eigenvalue weighted by atomic mass is 10.1. The van der Waals surface area contributed by atoms with Crippen molar-refractivity contribution in [3.63, 3.8) is 0 Å². The molecule has 0 radical (unpaired) electrons. The molecule has 0 fully saturated rings. The van der Waals surface area contributed by atoms with Crippen LogP contribution in [0, 0.1) is 0 Å². The van der Waals surface area contributed by atoms with Crippen LogP contribution in [-0.4, -0.2) is 26.4 Å². The van der Waals surface area contributed by atoms with E-state index in [0.717, 1.165) is 65.8 Å². The third-order valence-electron chi connectivity index (χ3n) is 5.18. The van der Waals surface area contributed by atoms with Crippen molar-refractivity contribution in [2.45, 2.75) is 19.5 Å². The van der Waals surface area contributed by atoms with Crippen LogP contribution in [0.3, 0.4) is 0 Å². The third kappa shape index (κ3) is 3.97. The van der Waals surface area contributed by atoms with Crippen LogP contribution in [0.5, 0.6) is 0 Å². The number of fused-ring (bicyclic) bond motifs is 1. The first-order valence-electron chi connectivity index (χ1n) is 9.67. The zero-order chi connectivity index (χ0) is 20.5. The zero-order valence-corrected chi connectivity index (χ0v) is 17.6. The SMILES string of the molecule is Clc1ccc(-c2ccc(CN3CCc4nc(-c5cccnc5)ncc4C3)o2)cc1Cl. The summed E-state index contributed by atoms with van der Waals surface area (Å²) in [5, 5.41) is 1.05. The molecule has 1 aliphatic heterocycles. The molecular formula is C23H18Cl2N4O. The van der Waals surface area contributed by atoms with Gasteiger partial charge in [-0.1, -0.05) is 23.2 Å². The summed E-state index contributed by atoms with van der Waals surface area (Å²) in [5.74, 6) is 2.42. The van der Waals surface area contributed by atoms with E-state index in [1.54, 1.807) is 18.5 Å². The molecule has 4 aromatic rings. The molecule has 1 aromatic carbocycles. The minimum atomic E-state index is 0.519. The molecule has 0 saturated heterocycles. The highest BCUT2D eigenvalue weighted by Crippen LogP contribution is 2.30. The van der Waals surface area contributed by atoms with Gasteiger partial charge in [-0.25, -0.2) is 9.97 Å². The Balaban J connectivity index is 1.29. The van der Waals surface area contributed by atoms with Gasteiger partial charge in [-0.3, -0.25) is 9.88 Å². The minimum absolute atomic E-state index is 0.519. The first kappa shape index (κ1) is 19.2. The average Bonchev–Trinajstić information content (AvgIpc) is 3.24. The molecule has 0 aliphatic carbocycles. The van der Waals surface area contributed by atoms with Crippen LogP contribution in [0.2, 0.25) is 10.0 Å². The number of furan rings is 1. The molecule has 150 valence electrons. The Hall–Kier alpha value is -2.73. The second kappa shape index (κ2) is 8.19. The molecule has 0 bridgehead atoms. The van der Waals surface area contributed by atoms with Gasteiger partial charge in [0.2, 0.25) is 0 Å². The molecule has 0 amide bonds. The lowest BCUT2D eigenvalue weighted by molar-refractivity contribution is 0.224. The van der Waals surface area contributed by atoms with Crippen molar-refractivity contribution in [1.82, 2.24) is 19.9 Å². The Morgan fingerprint density at radius 2 is 1.93 bits per heavy atom. The van der Waals surface area contributed by atoms with Gasteiger partial charge in [-0.05, 0) is 42.5 Å². The number of nitrogens with zero attached hydrogens (tertiary/aromatic N) is 4. The predicted octanol–water partition coefficient (Wildman–Crippen LogP) is 5.66. The maximum atomic E-state index is 6.13. The fourth-order valence-electron chi connectivity index (χ4n) is 3.63. The van der Waals surface area contributed by atoms with E-state index in [4.69, 9.17) is 32.6 Å². The first-order chi connectivity index (χ1) is 14.7. The van der Waals surface area contributed by atoms with Crippen LogP contribution in [0.4, 0.5) is 0 Å². The summed E-state index contributed by atoms with van der Waals surface area (Å²) < 4.78 is 6.05. The van der Waals surface area contributed by atoms with E-state index >= 15 is 0 Å². The van der Waals surface area contributed by atoms with Gasteiger partial charge in [0.1, 0.15) is 11.5 Å². The Labute approximate surface area is 184 Å². The third-order valence-corrected chi connectivity index (χ3v) is 5.92. The molecule has 0 spiro atoms. The van der Waals surface area contributed by atoms with E-state index in [2.05, 4.69) is 14.9 Å². The van der Waals surface area contributed by atoms with E-state index in [0.29, 0.717) is 10.0 Å². The molecular weight excluding hydrogens is 419 g/mol. The van der Waals surface area contributed by atoms with Crippen molar-refractivity contribution in [1.29, 1.82) is 0 Å². The van der Waals surface area contributed by atoms with Gasteiger partial charge in [0.25, 0.3) is 0 Å². The molecule has 0 unspecified atom stereocenters. The number of benzene rings is 1. The number of rotatable bonds is 4. The minimum Gasteiger partial charge on any atom is -0.460 e. The van der Waals surface area contributed by atoms with Gasteiger partial charge >= 0.3 is 0 Å². The number of pyridine rings is 1. The van der Waals surface area contributed by atoms with Crippen LogP contribution in [-0.2, 0) is 19.5 Å². The fraction of sp³-hybridized carbons (Fsp3) is 0.174. The summed E-state index contributed by atoms with van der Waals surface area (Å²) in [6.07, 6.45) is 6.35. The second-order valence-corrected chi connectivity index (χ2v) is 8.08. The number of halogens is 2. The van der Waals surface area contributed by atoms with Crippen LogP contribution in [0.1, 0.15) is 17.0 Å². The number of aromatic nitrogens is 3. The van der Waals surface area contributed by atoms with Crippen LogP contribution < -0.4 is 0 Å². The van der Waals surface area contributed by atoms with E-state index in [9.17, 15) is 0 Å². The van der Waals surface area contributed by atoms with Gasteiger partial charge in [-0.2, -0.15) is 0 Å². The molecule has 5 nitrogen and oxygen atoms in total. The normalized spacial score (nSPS) is 13.9. The Kier molecular flexibility index (Phi) is 5.25. The maximum Gasteiger partial charge on any atom is 0.160 e. The summed E-state index contributed by atoms with van der Waals surface area (Å²) in [4.78, 5) is 15.8. The Morgan fingerprint density at radius 1 is 1.00 bits per heavy atom. The van der Waals surface area contributed by atoms with Crippen LogP contribution in [0.15, 0.2) is 65.5 Å². The first-order valence-corrected chi connectivity index (χ1v) is 10.4. The van der Waals surface area contributed by atoms with Crippen molar-refractivity contribution >= 4 is 23.2 Å². The predicted molar refractivity (Wildman–Crippen MR) is 117 cm³/mol. The van der Waals surface area contributed by atoms with Gasteiger partial charge in [-0.15, -0.1) is 0 Å². The monoisotopic (exact) mass is 436 g/mol. The lowest BCUT2D eigenvalue weighted by Gasteiger charge is -2.27. The Morgan fingerprint density at radius 3 is 2.77 bits per heavy atom. The molecule has 0 atom stereocenters. The molecule has 4 heterocycles. The summed E-state index contributed by atoms with van der Waals surface area (Å²) in [5.41, 5.74) is 4.12. The summed E-state index contributed by atoms with van der Waals surface area (Å²) in [6.45, 7) is 2.44. The van der Waals surface area contributed by atoms with Gasteiger partial charge in [0.05, 0.1) is 22.3 Å². The second-order valence-electron chi connectivity index (χ2n) is 7.26. The van der Waals surface area contributed by atoms with E-state index in [-0.39, 0.29) is 0 Å². The van der Waals surface area contributed by atoms with Crippen molar-refractivity contribution in [3.8, 4) is 22.7 Å². The van der Waals surface area contributed by atoms with Crippen molar-refractivity contribution < 1.29 is 4.42 Å². The molecule has 1 aliphatic rings. The lowest BCUT2D eigenvalue weighted by Crippen LogP contribution is -2.30. The summed E-state index contributed by atoms with van der Waals surface area (Å²) >= 11 is 12.1. The van der Waals surface area contributed by atoms with Gasteiger partial charge in [0.15, 0.2) is 5.82 Å². The summed E-state index contributed by atoms with van der Waals surface area (Å²) in [7, 11) is 0.